The van der Waals surface area contributed by atoms with E-state index in [1.165, 1.54) is 6.07 Å². The molecule has 0 bridgehead atoms. The lowest BCUT2D eigenvalue weighted by Gasteiger charge is -2.25. The summed E-state index contributed by atoms with van der Waals surface area (Å²) in [6.45, 7) is 4.51. The van der Waals surface area contributed by atoms with Gasteiger partial charge in [-0.25, -0.2) is 0 Å². The second kappa shape index (κ2) is 6.60. The van der Waals surface area contributed by atoms with Gasteiger partial charge in [-0.3, -0.25) is 10.1 Å². The van der Waals surface area contributed by atoms with Crippen LogP contribution in [0.25, 0.3) is 0 Å². The van der Waals surface area contributed by atoms with Crippen LogP contribution in [0.3, 0.4) is 0 Å². The summed E-state index contributed by atoms with van der Waals surface area (Å²) in [5, 5.41) is 14.0. The number of rotatable bonds is 5. The quantitative estimate of drug-likeness (QED) is 0.648. The van der Waals surface area contributed by atoms with Crippen LogP contribution in [0.5, 0.6) is 0 Å². The molecule has 1 aromatic carbocycles. The molecule has 1 aromatic rings. The highest BCUT2D eigenvalue weighted by Crippen LogP contribution is 2.19. The number of ether oxygens (including phenoxy) is 2. The number of benzene rings is 1. The van der Waals surface area contributed by atoms with Crippen LogP contribution in [0.2, 0.25) is 0 Å². The Hall–Kier alpha value is -1.50. The SMILES string of the molecule is CC(NCC1COCCO1)c1cccc([N+](=O)[O-])c1. The van der Waals surface area contributed by atoms with Crippen molar-refractivity contribution in [2.45, 2.75) is 19.1 Å². The third-order valence-electron chi connectivity index (χ3n) is 3.12. The fourth-order valence-electron chi connectivity index (χ4n) is 1.99. The Labute approximate surface area is 111 Å². The zero-order valence-corrected chi connectivity index (χ0v) is 10.9. The zero-order chi connectivity index (χ0) is 13.7. The van der Waals surface area contributed by atoms with Crippen LogP contribution in [0.1, 0.15) is 18.5 Å². The number of non-ortho nitro benzene ring substituents is 1. The number of nitro groups is 1. The van der Waals surface area contributed by atoms with Crippen LogP contribution in [0.4, 0.5) is 5.69 Å². The van der Waals surface area contributed by atoms with Gasteiger partial charge in [0.05, 0.1) is 30.8 Å². The topological polar surface area (TPSA) is 73.6 Å². The van der Waals surface area contributed by atoms with Gasteiger partial charge in [-0.1, -0.05) is 12.1 Å². The van der Waals surface area contributed by atoms with E-state index >= 15 is 0 Å². The van der Waals surface area contributed by atoms with E-state index in [2.05, 4.69) is 5.32 Å². The van der Waals surface area contributed by atoms with Gasteiger partial charge in [0, 0.05) is 24.7 Å². The molecule has 1 fully saturated rings. The highest BCUT2D eigenvalue weighted by Gasteiger charge is 2.16. The van der Waals surface area contributed by atoms with E-state index in [4.69, 9.17) is 9.47 Å². The third-order valence-corrected chi connectivity index (χ3v) is 3.12. The Bertz CT molecular complexity index is 432. The number of nitrogens with one attached hydrogen (secondary N) is 1. The van der Waals surface area contributed by atoms with Crippen molar-refractivity contribution >= 4 is 5.69 Å². The summed E-state index contributed by atoms with van der Waals surface area (Å²) in [7, 11) is 0. The van der Waals surface area contributed by atoms with Crippen molar-refractivity contribution < 1.29 is 14.4 Å². The van der Waals surface area contributed by atoms with Gasteiger partial charge in [0.1, 0.15) is 0 Å². The molecular formula is C13H18N2O4. The monoisotopic (exact) mass is 266 g/mol. The molecule has 0 saturated carbocycles. The smallest absolute Gasteiger partial charge is 0.269 e. The first-order chi connectivity index (χ1) is 9.16. The van der Waals surface area contributed by atoms with Crippen molar-refractivity contribution in [2.75, 3.05) is 26.4 Å². The van der Waals surface area contributed by atoms with E-state index in [9.17, 15) is 10.1 Å². The molecule has 0 spiro atoms. The van der Waals surface area contributed by atoms with E-state index in [1.54, 1.807) is 12.1 Å². The van der Waals surface area contributed by atoms with Crippen molar-refractivity contribution in [2.24, 2.45) is 0 Å². The largest absolute Gasteiger partial charge is 0.376 e. The van der Waals surface area contributed by atoms with Crippen molar-refractivity contribution in [3.8, 4) is 0 Å². The molecule has 6 heteroatoms. The molecule has 2 rings (SSSR count). The molecule has 0 aliphatic carbocycles. The summed E-state index contributed by atoms with van der Waals surface area (Å²) in [5.74, 6) is 0. The highest BCUT2D eigenvalue weighted by molar-refractivity contribution is 5.35. The maximum absolute atomic E-state index is 10.7. The summed E-state index contributed by atoms with van der Waals surface area (Å²) in [4.78, 5) is 10.3. The molecule has 1 aliphatic heterocycles. The van der Waals surface area contributed by atoms with E-state index in [1.807, 2.05) is 13.0 Å². The molecular weight excluding hydrogens is 248 g/mol. The molecule has 2 atom stereocenters. The van der Waals surface area contributed by atoms with Crippen molar-refractivity contribution in [3.05, 3.63) is 39.9 Å². The van der Waals surface area contributed by atoms with Gasteiger partial charge in [0.2, 0.25) is 0 Å². The van der Waals surface area contributed by atoms with Crippen molar-refractivity contribution in [1.29, 1.82) is 0 Å². The molecule has 2 unspecified atom stereocenters. The van der Waals surface area contributed by atoms with E-state index in [0.717, 1.165) is 5.56 Å². The van der Waals surface area contributed by atoms with Gasteiger partial charge < -0.3 is 14.8 Å². The average molecular weight is 266 g/mol. The average Bonchev–Trinajstić information content (AvgIpc) is 2.46. The van der Waals surface area contributed by atoms with E-state index in [0.29, 0.717) is 26.4 Å². The first-order valence-corrected chi connectivity index (χ1v) is 6.34. The summed E-state index contributed by atoms with van der Waals surface area (Å²) >= 11 is 0. The minimum atomic E-state index is -0.381. The lowest BCUT2D eigenvalue weighted by molar-refractivity contribution is -0.384. The van der Waals surface area contributed by atoms with Crippen LogP contribution in [0, 0.1) is 10.1 Å². The van der Waals surface area contributed by atoms with E-state index in [-0.39, 0.29) is 22.8 Å². The number of hydrogen-bond donors (Lipinski definition) is 1. The predicted molar refractivity (Wildman–Crippen MR) is 70.1 cm³/mol. The normalized spacial score (nSPS) is 21.0. The van der Waals surface area contributed by atoms with Crippen molar-refractivity contribution in [3.63, 3.8) is 0 Å². The van der Waals surface area contributed by atoms with Gasteiger partial charge >= 0.3 is 0 Å². The summed E-state index contributed by atoms with van der Waals surface area (Å²) in [6.07, 6.45) is 0.0508. The van der Waals surface area contributed by atoms with Crippen molar-refractivity contribution in [1.82, 2.24) is 5.32 Å². The minimum Gasteiger partial charge on any atom is -0.376 e. The van der Waals surface area contributed by atoms with Gasteiger partial charge in [0.15, 0.2) is 0 Å². The highest BCUT2D eigenvalue weighted by atomic mass is 16.6. The first kappa shape index (κ1) is 13.9. The molecule has 0 radical (unpaired) electrons. The minimum absolute atomic E-state index is 0.0328. The molecule has 1 aliphatic rings. The number of nitrogens with zero attached hydrogens (tertiary/aromatic N) is 1. The number of nitro benzene ring substituents is 1. The Morgan fingerprint density at radius 2 is 2.37 bits per heavy atom. The molecule has 19 heavy (non-hydrogen) atoms. The fraction of sp³-hybridized carbons (Fsp3) is 0.538. The van der Waals surface area contributed by atoms with Crippen LogP contribution in [-0.4, -0.2) is 37.4 Å². The molecule has 6 nitrogen and oxygen atoms in total. The van der Waals surface area contributed by atoms with Crippen LogP contribution in [-0.2, 0) is 9.47 Å². The molecule has 1 heterocycles. The van der Waals surface area contributed by atoms with Crippen LogP contribution < -0.4 is 5.32 Å². The molecule has 0 aromatic heterocycles. The van der Waals surface area contributed by atoms with Gasteiger partial charge in [-0.05, 0) is 12.5 Å². The van der Waals surface area contributed by atoms with Gasteiger partial charge in [0.25, 0.3) is 5.69 Å². The summed E-state index contributed by atoms with van der Waals surface area (Å²) in [6, 6.07) is 6.70. The lowest BCUT2D eigenvalue weighted by atomic mass is 10.1. The zero-order valence-electron chi connectivity index (χ0n) is 10.9. The van der Waals surface area contributed by atoms with E-state index < -0.39 is 0 Å². The molecule has 0 amide bonds. The predicted octanol–water partition coefficient (Wildman–Crippen LogP) is 1.66. The third kappa shape index (κ3) is 3.99. The standard InChI is InChI=1S/C13H18N2O4/c1-10(14-8-13-9-18-5-6-19-13)11-3-2-4-12(7-11)15(16)17/h2-4,7,10,13-14H,5-6,8-9H2,1H3. The maximum Gasteiger partial charge on any atom is 0.269 e. The Morgan fingerprint density at radius 1 is 1.53 bits per heavy atom. The summed E-state index contributed by atoms with van der Waals surface area (Å²) < 4.78 is 10.8. The molecule has 1 saturated heterocycles. The van der Waals surface area contributed by atoms with Crippen LogP contribution in [0.15, 0.2) is 24.3 Å². The van der Waals surface area contributed by atoms with Crippen LogP contribution >= 0.6 is 0 Å². The molecule has 104 valence electrons. The van der Waals surface area contributed by atoms with Gasteiger partial charge in [-0.2, -0.15) is 0 Å². The lowest BCUT2D eigenvalue weighted by Crippen LogP contribution is -2.38. The molecule has 1 N–H and O–H groups in total. The Morgan fingerprint density at radius 3 is 3.05 bits per heavy atom. The number of hydrogen-bond acceptors (Lipinski definition) is 5. The second-order valence-electron chi connectivity index (χ2n) is 4.55. The fourth-order valence-corrected chi connectivity index (χ4v) is 1.99. The Balaban J connectivity index is 1.89. The summed E-state index contributed by atoms with van der Waals surface area (Å²) in [5.41, 5.74) is 1.01. The van der Waals surface area contributed by atoms with Gasteiger partial charge in [-0.15, -0.1) is 0 Å². The Kier molecular flexibility index (Phi) is 4.84. The first-order valence-electron chi connectivity index (χ1n) is 6.34. The second-order valence-corrected chi connectivity index (χ2v) is 4.55. The maximum atomic E-state index is 10.7.